The maximum atomic E-state index is 13.2. The monoisotopic (exact) mass is 465 g/mol. The first kappa shape index (κ1) is 20.2. The van der Waals surface area contributed by atoms with E-state index >= 15 is 0 Å². The minimum Gasteiger partial charge on any atom is -0.495 e. The van der Waals surface area contributed by atoms with Gasteiger partial charge in [-0.05, 0) is 42.5 Å². The zero-order chi connectivity index (χ0) is 22.3. The van der Waals surface area contributed by atoms with E-state index in [1.807, 2.05) is 24.3 Å². The van der Waals surface area contributed by atoms with Crippen LogP contribution in [0.4, 0.5) is 11.5 Å². The number of halogens is 1. The number of para-hydroxylation sites is 1. The van der Waals surface area contributed by atoms with Crippen LogP contribution in [0.1, 0.15) is 0 Å². The van der Waals surface area contributed by atoms with Gasteiger partial charge in [-0.1, -0.05) is 47.1 Å². The van der Waals surface area contributed by atoms with Crippen molar-refractivity contribution < 1.29 is 13.2 Å². The minimum absolute atomic E-state index is 0.107. The summed E-state index contributed by atoms with van der Waals surface area (Å²) in [5.41, 5.74) is 1.33. The molecule has 1 N–H and O–H groups in total. The number of fused-ring (bicyclic) bond motifs is 3. The molecule has 160 valence electrons. The Balaban J connectivity index is 1.76. The van der Waals surface area contributed by atoms with Crippen molar-refractivity contribution in [2.24, 2.45) is 0 Å². The van der Waals surface area contributed by atoms with Crippen molar-refractivity contribution in [2.45, 2.75) is 9.92 Å². The summed E-state index contributed by atoms with van der Waals surface area (Å²) in [6.45, 7) is 0. The summed E-state index contributed by atoms with van der Waals surface area (Å²) in [6.07, 6.45) is 0. The molecule has 8 nitrogen and oxygen atoms in total. The average molecular weight is 466 g/mol. The van der Waals surface area contributed by atoms with Gasteiger partial charge < -0.3 is 10.1 Å². The van der Waals surface area contributed by atoms with E-state index in [0.29, 0.717) is 27.8 Å². The van der Waals surface area contributed by atoms with Crippen LogP contribution in [0.5, 0.6) is 5.75 Å². The van der Waals surface area contributed by atoms with Crippen LogP contribution in [0, 0.1) is 0 Å². The highest BCUT2D eigenvalue weighted by atomic mass is 35.5. The number of hydrogen-bond acceptors (Lipinski definition) is 7. The molecular weight excluding hydrogens is 450 g/mol. The third-order valence-electron chi connectivity index (χ3n) is 4.94. The smallest absolute Gasteiger partial charge is 0.229 e. The second-order valence-electron chi connectivity index (χ2n) is 6.89. The van der Waals surface area contributed by atoms with Gasteiger partial charge in [-0.3, -0.25) is 0 Å². The summed E-state index contributed by atoms with van der Waals surface area (Å²) in [7, 11) is -2.38. The first-order chi connectivity index (χ1) is 15.5. The third kappa shape index (κ3) is 3.31. The van der Waals surface area contributed by atoms with Gasteiger partial charge in [-0.15, -0.1) is 5.10 Å². The number of nitrogens with zero attached hydrogens (tertiary/aromatic N) is 4. The first-order valence-corrected chi connectivity index (χ1v) is 11.4. The number of sulfone groups is 1. The zero-order valence-corrected chi connectivity index (χ0v) is 18.3. The van der Waals surface area contributed by atoms with Gasteiger partial charge in [0.1, 0.15) is 11.6 Å². The van der Waals surface area contributed by atoms with Crippen LogP contribution in [0.2, 0.25) is 5.02 Å². The predicted octanol–water partition coefficient (Wildman–Crippen LogP) is 4.52. The van der Waals surface area contributed by atoms with E-state index in [1.165, 1.54) is 16.6 Å². The number of anilines is 2. The molecule has 0 aliphatic heterocycles. The highest BCUT2D eigenvalue weighted by Crippen LogP contribution is 2.34. The summed E-state index contributed by atoms with van der Waals surface area (Å²) in [5.74, 6) is 0.976. The van der Waals surface area contributed by atoms with Gasteiger partial charge in [0.05, 0.1) is 23.2 Å². The van der Waals surface area contributed by atoms with Crippen molar-refractivity contribution in [3.05, 3.63) is 77.8 Å². The van der Waals surface area contributed by atoms with Crippen molar-refractivity contribution >= 4 is 49.5 Å². The Morgan fingerprint density at radius 3 is 2.53 bits per heavy atom. The van der Waals surface area contributed by atoms with E-state index in [2.05, 4.69) is 20.6 Å². The molecule has 2 heterocycles. The molecule has 2 aromatic heterocycles. The molecule has 5 aromatic rings. The molecule has 0 atom stereocenters. The van der Waals surface area contributed by atoms with Crippen LogP contribution in [0.25, 0.3) is 16.6 Å². The van der Waals surface area contributed by atoms with E-state index in [1.54, 1.807) is 43.5 Å². The van der Waals surface area contributed by atoms with Crippen molar-refractivity contribution in [3.8, 4) is 5.75 Å². The Kier molecular flexibility index (Phi) is 4.91. The topological polar surface area (TPSA) is 98.5 Å². The molecule has 0 aliphatic carbocycles. The molecule has 0 unspecified atom stereocenters. The molecule has 3 aromatic carbocycles. The van der Waals surface area contributed by atoms with Crippen LogP contribution in [0.3, 0.4) is 0 Å². The lowest BCUT2D eigenvalue weighted by Gasteiger charge is -2.13. The van der Waals surface area contributed by atoms with Crippen LogP contribution in [-0.4, -0.2) is 35.3 Å². The van der Waals surface area contributed by atoms with E-state index in [-0.39, 0.29) is 15.6 Å². The van der Waals surface area contributed by atoms with Crippen molar-refractivity contribution in [2.75, 3.05) is 12.4 Å². The molecule has 5 rings (SSSR count). The van der Waals surface area contributed by atoms with E-state index in [0.717, 1.165) is 5.39 Å². The largest absolute Gasteiger partial charge is 0.495 e. The van der Waals surface area contributed by atoms with Crippen molar-refractivity contribution in [3.63, 3.8) is 0 Å². The fraction of sp³-hybridized carbons (Fsp3) is 0.0455. The number of methoxy groups -OCH3 is 1. The number of rotatable bonds is 5. The summed E-state index contributed by atoms with van der Waals surface area (Å²) < 4.78 is 33.3. The Morgan fingerprint density at radius 2 is 1.75 bits per heavy atom. The second kappa shape index (κ2) is 7.77. The SMILES string of the molecule is COc1ccc(Cl)cc1Nc1nc2c(S(=O)(=O)c3ccccc3)nnn2c2ccccc12. The lowest BCUT2D eigenvalue weighted by atomic mass is 10.2. The summed E-state index contributed by atoms with van der Waals surface area (Å²) in [4.78, 5) is 4.72. The molecule has 0 fully saturated rings. The van der Waals surface area contributed by atoms with E-state index in [4.69, 9.17) is 16.3 Å². The van der Waals surface area contributed by atoms with Gasteiger partial charge in [0.25, 0.3) is 0 Å². The number of hydrogen-bond donors (Lipinski definition) is 1. The molecule has 10 heteroatoms. The minimum atomic E-state index is -3.93. The number of aromatic nitrogens is 4. The lowest BCUT2D eigenvalue weighted by molar-refractivity contribution is 0.417. The van der Waals surface area contributed by atoms with Gasteiger partial charge in [-0.25, -0.2) is 13.4 Å². The van der Waals surface area contributed by atoms with Gasteiger partial charge in [0, 0.05) is 10.4 Å². The average Bonchev–Trinajstić information content (AvgIpc) is 3.25. The second-order valence-corrected chi connectivity index (χ2v) is 9.20. The molecular formula is C22H16ClN5O3S. The number of benzene rings is 3. The standard InChI is InChI=1S/C22H16ClN5O3S/c1-31-19-12-11-14(23)13-17(19)24-20-16-9-5-6-10-18(16)28-21(25-20)22(26-27-28)32(29,30)15-7-3-2-4-8-15/h2-13H,1H3,(H,24,25). The van der Waals surface area contributed by atoms with Crippen LogP contribution in [-0.2, 0) is 9.84 Å². The Hall–Kier alpha value is -3.69. The van der Waals surface area contributed by atoms with Gasteiger partial charge in [0.15, 0.2) is 5.65 Å². The highest BCUT2D eigenvalue weighted by Gasteiger charge is 2.27. The van der Waals surface area contributed by atoms with Crippen molar-refractivity contribution in [1.82, 2.24) is 19.8 Å². The molecule has 0 amide bonds. The van der Waals surface area contributed by atoms with Crippen LogP contribution in [0.15, 0.2) is 82.7 Å². The molecule has 0 aliphatic rings. The Bertz CT molecular complexity index is 1570. The van der Waals surface area contributed by atoms with Crippen LogP contribution < -0.4 is 10.1 Å². The fourth-order valence-corrected chi connectivity index (χ4v) is 4.86. The third-order valence-corrected chi connectivity index (χ3v) is 6.85. The number of nitrogens with one attached hydrogen (secondary N) is 1. The maximum Gasteiger partial charge on any atom is 0.229 e. The predicted molar refractivity (Wildman–Crippen MR) is 121 cm³/mol. The lowest BCUT2D eigenvalue weighted by Crippen LogP contribution is -2.06. The number of ether oxygens (including phenoxy) is 1. The Morgan fingerprint density at radius 1 is 1.00 bits per heavy atom. The molecule has 0 radical (unpaired) electrons. The quantitative estimate of drug-likeness (QED) is 0.407. The van der Waals surface area contributed by atoms with Gasteiger partial charge in [-0.2, -0.15) is 4.52 Å². The summed E-state index contributed by atoms with van der Waals surface area (Å²) >= 11 is 6.17. The molecule has 32 heavy (non-hydrogen) atoms. The normalized spacial score (nSPS) is 11.7. The first-order valence-electron chi connectivity index (χ1n) is 9.54. The zero-order valence-electron chi connectivity index (χ0n) is 16.7. The van der Waals surface area contributed by atoms with Gasteiger partial charge in [0.2, 0.25) is 14.9 Å². The fourth-order valence-electron chi connectivity index (χ4n) is 3.43. The van der Waals surface area contributed by atoms with E-state index < -0.39 is 9.84 Å². The molecule has 0 saturated carbocycles. The molecule has 0 saturated heterocycles. The van der Waals surface area contributed by atoms with Crippen molar-refractivity contribution in [1.29, 1.82) is 0 Å². The molecule has 0 bridgehead atoms. The van der Waals surface area contributed by atoms with Crippen LogP contribution >= 0.6 is 11.6 Å². The highest BCUT2D eigenvalue weighted by molar-refractivity contribution is 7.91. The maximum absolute atomic E-state index is 13.2. The summed E-state index contributed by atoms with van der Waals surface area (Å²) in [6, 6.07) is 20.6. The van der Waals surface area contributed by atoms with E-state index in [9.17, 15) is 8.42 Å². The Labute approximate surface area is 188 Å². The van der Waals surface area contributed by atoms with Gasteiger partial charge >= 0.3 is 0 Å². The summed E-state index contributed by atoms with van der Waals surface area (Å²) in [5, 5.41) is 12.3. The molecule has 0 spiro atoms.